The Labute approximate surface area is 160 Å². The van der Waals surface area contributed by atoms with Crippen LogP contribution < -0.4 is 20.1 Å². The van der Waals surface area contributed by atoms with Gasteiger partial charge >= 0.3 is 0 Å². The molecular formula is C18H15Cl2N3O3. The third-order valence-electron chi connectivity index (χ3n) is 3.35. The smallest absolute Gasteiger partial charge is 0.267 e. The van der Waals surface area contributed by atoms with E-state index in [0.29, 0.717) is 27.9 Å². The lowest BCUT2D eigenvalue weighted by atomic mass is 10.2. The Morgan fingerprint density at radius 3 is 2.58 bits per heavy atom. The highest BCUT2D eigenvalue weighted by Gasteiger charge is 2.13. The summed E-state index contributed by atoms with van der Waals surface area (Å²) in [5, 5.41) is 15.2. The highest BCUT2D eigenvalue weighted by atomic mass is 35.5. The number of carbonyl (C=O) groups is 1. The number of ether oxygens (including phenoxy) is 2. The summed E-state index contributed by atoms with van der Waals surface area (Å²) < 4.78 is 10.4. The second-order valence-electron chi connectivity index (χ2n) is 4.94. The van der Waals surface area contributed by atoms with Crippen LogP contribution in [0.25, 0.3) is 0 Å². The zero-order chi connectivity index (χ0) is 19.1. The average Bonchev–Trinajstić information content (AvgIpc) is 2.66. The first-order valence-corrected chi connectivity index (χ1v) is 8.10. The van der Waals surface area contributed by atoms with E-state index in [0.717, 1.165) is 0 Å². The van der Waals surface area contributed by atoms with Crippen molar-refractivity contribution in [3.63, 3.8) is 0 Å². The molecule has 2 aromatic carbocycles. The number of benzene rings is 2. The highest BCUT2D eigenvalue weighted by Crippen LogP contribution is 2.30. The summed E-state index contributed by atoms with van der Waals surface area (Å²) in [7, 11) is 3.05. The normalized spacial score (nSPS) is 10.7. The number of nitriles is 1. The molecule has 0 aromatic heterocycles. The van der Waals surface area contributed by atoms with Gasteiger partial charge in [-0.1, -0.05) is 29.3 Å². The van der Waals surface area contributed by atoms with Gasteiger partial charge in [0, 0.05) is 12.3 Å². The van der Waals surface area contributed by atoms with Crippen molar-refractivity contribution < 1.29 is 14.3 Å². The molecule has 0 aliphatic heterocycles. The van der Waals surface area contributed by atoms with E-state index < -0.39 is 5.91 Å². The molecule has 0 atom stereocenters. The number of hydrogen-bond donors (Lipinski definition) is 2. The molecule has 2 aromatic rings. The highest BCUT2D eigenvalue weighted by molar-refractivity contribution is 6.44. The second kappa shape index (κ2) is 8.99. The fraction of sp³-hybridized carbons (Fsp3) is 0.111. The van der Waals surface area contributed by atoms with Crippen LogP contribution in [-0.2, 0) is 4.79 Å². The summed E-state index contributed by atoms with van der Waals surface area (Å²) in [4.78, 5) is 12.3. The molecule has 0 saturated heterocycles. The molecule has 6 nitrogen and oxygen atoms in total. The molecule has 26 heavy (non-hydrogen) atoms. The SMILES string of the molecule is COc1ccc(N/C=C(/C#N)C(=O)Nc2cccc(Cl)c2Cl)c(OC)c1. The van der Waals surface area contributed by atoms with Crippen LogP contribution in [0.15, 0.2) is 48.2 Å². The van der Waals surface area contributed by atoms with Crippen molar-refractivity contribution in [1.82, 2.24) is 0 Å². The van der Waals surface area contributed by atoms with Crippen molar-refractivity contribution in [1.29, 1.82) is 5.26 Å². The Bertz CT molecular complexity index is 892. The monoisotopic (exact) mass is 391 g/mol. The fourth-order valence-electron chi connectivity index (χ4n) is 2.01. The number of rotatable bonds is 6. The van der Waals surface area contributed by atoms with E-state index in [4.69, 9.17) is 32.7 Å². The Kier molecular flexibility index (Phi) is 6.73. The summed E-state index contributed by atoms with van der Waals surface area (Å²) in [5.41, 5.74) is 0.723. The van der Waals surface area contributed by atoms with Gasteiger partial charge in [0.2, 0.25) is 0 Å². The quantitative estimate of drug-likeness (QED) is 0.560. The molecule has 0 aliphatic rings. The lowest BCUT2D eigenvalue weighted by molar-refractivity contribution is -0.112. The molecule has 0 heterocycles. The van der Waals surface area contributed by atoms with Crippen LogP contribution in [0.4, 0.5) is 11.4 Å². The van der Waals surface area contributed by atoms with Crippen molar-refractivity contribution >= 4 is 40.5 Å². The zero-order valence-corrected chi connectivity index (χ0v) is 15.5. The lowest BCUT2D eigenvalue weighted by Gasteiger charge is -2.11. The number of methoxy groups -OCH3 is 2. The predicted molar refractivity (Wildman–Crippen MR) is 102 cm³/mol. The Hall–Kier alpha value is -2.88. The van der Waals surface area contributed by atoms with E-state index in [-0.39, 0.29) is 10.6 Å². The second-order valence-corrected chi connectivity index (χ2v) is 5.72. The van der Waals surface area contributed by atoms with Crippen molar-refractivity contribution in [2.75, 3.05) is 24.9 Å². The third-order valence-corrected chi connectivity index (χ3v) is 4.16. The van der Waals surface area contributed by atoms with Crippen LogP contribution in [0.5, 0.6) is 11.5 Å². The van der Waals surface area contributed by atoms with E-state index >= 15 is 0 Å². The number of nitrogens with one attached hydrogen (secondary N) is 2. The van der Waals surface area contributed by atoms with Gasteiger partial charge in [0.15, 0.2) is 0 Å². The van der Waals surface area contributed by atoms with Gasteiger partial charge in [-0.2, -0.15) is 5.26 Å². The Morgan fingerprint density at radius 2 is 1.92 bits per heavy atom. The molecule has 2 N–H and O–H groups in total. The molecule has 1 amide bonds. The lowest BCUT2D eigenvalue weighted by Crippen LogP contribution is -2.15. The Balaban J connectivity index is 2.19. The van der Waals surface area contributed by atoms with Gasteiger partial charge in [0.1, 0.15) is 23.1 Å². The topological polar surface area (TPSA) is 83.4 Å². The van der Waals surface area contributed by atoms with E-state index in [1.165, 1.54) is 13.3 Å². The zero-order valence-electron chi connectivity index (χ0n) is 14.0. The maximum absolute atomic E-state index is 12.3. The molecule has 0 fully saturated rings. The van der Waals surface area contributed by atoms with Crippen LogP contribution in [0.2, 0.25) is 10.0 Å². The molecule has 8 heteroatoms. The van der Waals surface area contributed by atoms with E-state index in [9.17, 15) is 10.1 Å². The van der Waals surface area contributed by atoms with Gasteiger partial charge in [-0.05, 0) is 24.3 Å². The summed E-state index contributed by atoms with van der Waals surface area (Å²) in [6.07, 6.45) is 1.28. The Morgan fingerprint density at radius 1 is 1.15 bits per heavy atom. The fourth-order valence-corrected chi connectivity index (χ4v) is 2.35. The third kappa shape index (κ3) is 4.60. The van der Waals surface area contributed by atoms with Crippen LogP contribution in [-0.4, -0.2) is 20.1 Å². The molecule has 2 rings (SSSR count). The van der Waals surface area contributed by atoms with Gasteiger partial charge in [-0.25, -0.2) is 0 Å². The van der Waals surface area contributed by atoms with Crippen molar-refractivity contribution in [3.8, 4) is 17.6 Å². The summed E-state index contributed by atoms with van der Waals surface area (Å²) in [6.45, 7) is 0. The number of amides is 1. The largest absolute Gasteiger partial charge is 0.497 e. The molecule has 0 aliphatic carbocycles. The standard InChI is InChI=1S/C18H15Cl2N3O3/c1-25-12-6-7-14(16(8-12)26-2)22-10-11(9-21)18(24)23-15-5-3-4-13(19)17(15)20/h3-8,10,22H,1-2H3,(H,23,24)/b11-10-. The molecule has 0 spiro atoms. The van der Waals surface area contributed by atoms with E-state index in [1.54, 1.807) is 43.5 Å². The van der Waals surface area contributed by atoms with E-state index in [2.05, 4.69) is 10.6 Å². The minimum atomic E-state index is -0.628. The first-order valence-electron chi connectivity index (χ1n) is 7.34. The minimum absolute atomic E-state index is 0.154. The molecule has 134 valence electrons. The predicted octanol–water partition coefficient (Wildman–Crippen LogP) is 4.47. The maximum Gasteiger partial charge on any atom is 0.267 e. The van der Waals surface area contributed by atoms with Crippen molar-refractivity contribution in [3.05, 3.63) is 58.2 Å². The van der Waals surface area contributed by atoms with Gasteiger partial charge in [0.05, 0.1) is 35.6 Å². The number of halogens is 2. The van der Waals surface area contributed by atoms with E-state index in [1.807, 2.05) is 6.07 Å². The summed E-state index contributed by atoms with van der Waals surface area (Å²) in [5.74, 6) is 0.484. The van der Waals surface area contributed by atoms with Crippen LogP contribution >= 0.6 is 23.2 Å². The summed E-state index contributed by atoms with van der Waals surface area (Å²) in [6, 6.07) is 11.7. The molecule has 0 radical (unpaired) electrons. The van der Waals surface area contributed by atoms with Gasteiger partial charge in [-0.3, -0.25) is 4.79 Å². The first-order chi connectivity index (χ1) is 12.5. The average molecular weight is 392 g/mol. The molecule has 0 saturated carbocycles. The van der Waals surface area contributed by atoms with Gasteiger partial charge in [-0.15, -0.1) is 0 Å². The van der Waals surface area contributed by atoms with Crippen LogP contribution in [0, 0.1) is 11.3 Å². The van der Waals surface area contributed by atoms with Crippen LogP contribution in [0.1, 0.15) is 0 Å². The number of carbonyl (C=O) groups excluding carboxylic acids is 1. The first kappa shape index (κ1) is 19.4. The van der Waals surface area contributed by atoms with Gasteiger partial charge in [0.25, 0.3) is 5.91 Å². The minimum Gasteiger partial charge on any atom is -0.497 e. The number of nitrogens with zero attached hydrogens (tertiary/aromatic N) is 1. The van der Waals surface area contributed by atoms with Crippen LogP contribution in [0.3, 0.4) is 0 Å². The molecule has 0 bridgehead atoms. The number of hydrogen-bond acceptors (Lipinski definition) is 5. The molecular weight excluding hydrogens is 377 g/mol. The van der Waals surface area contributed by atoms with Crippen molar-refractivity contribution in [2.45, 2.75) is 0 Å². The summed E-state index contributed by atoms with van der Waals surface area (Å²) >= 11 is 11.9. The van der Waals surface area contributed by atoms with Gasteiger partial charge < -0.3 is 20.1 Å². The van der Waals surface area contributed by atoms with Crippen molar-refractivity contribution in [2.24, 2.45) is 0 Å². The molecule has 0 unspecified atom stereocenters. The number of anilines is 2. The maximum atomic E-state index is 12.3.